The largest absolute Gasteiger partial charge is 0.436 e. The normalized spacial score (nSPS) is 12.5. The molecule has 0 amide bonds. The molecule has 0 aromatic carbocycles. The minimum atomic E-state index is -0.380. The summed E-state index contributed by atoms with van der Waals surface area (Å²) in [6.45, 7) is 8.17. The van der Waals surface area contributed by atoms with Crippen molar-refractivity contribution < 1.29 is 14.3 Å². The van der Waals surface area contributed by atoms with Crippen LogP contribution in [0.25, 0.3) is 0 Å². The van der Waals surface area contributed by atoms with E-state index in [1.165, 1.54) is 70.6 Å². The van der Waals surface area contributed by atoms with Gasteiger partial charge in [-0.05, 0) is 20.3 Å². The highest BCUT2D eigenvalue weighted by Crippen LogP contribution is 2.13. The molecule has 0 aliphatic heterocycles. The first kappa shape index (κ1) is 24.4. The lowest BCUT2D eigenvalue weighted by Crippen LogP contribution is -2.23. The van der Waals surface area contributed by atoms with E-state index in [0.29, 0.717) is 12.8 Å². The van der Waals surface area contributed by atoms with Gasteiger partial charge in [-0.15, -0.1) is 0 Å². The van der Waals surface area contributed by atoms with E-state index in [0.717, 1.165) is 12.8 Å². The van der Waals surface area contributed by atoms with Crippen molar-refractivity contribution in [1.29, 1.82) is 0 Å². The second-order valence-electron chi connectivity index (χ2n) is 7.51. The van der Waals surface area contributed by atoms with E-state index in [2.05, 4.69) is 6.92 Å². The van der Waals surface area contributed by atoms with Gasteiger partial charge in [0.25, 0.3) is 0 Å². The van der Waals surface area contributed by atoms with Gasteiger partial charge in [-0.3, -0.25) is 4.79 Å². The Hall–Kier alpha value is -0.570. The molecular weight excluding hydrogens is 312 g/mol. The van der Waals surface area contributed by atoms with Crippen LogP contribution in [0.2, 0.25) is 0 Å². The summed E-state index contributed by atoms with van der Waals surface area (Å²) in [5.74, 6) is -0.115. The minimum absolute atomic E-state index is 0.0918. The van der Waals surface area contributed by atoms with Gasteiger partial charge >= 0.3 is 5.97 Å². The van der Waals surface area contributed by atoms with Crippen LogP contribution >= 0.6 is 0 Å². The summed E-state index contributed by atoms with van der Waals surface area (Å²) < 4.78 is 10.9. The molecule has 1 unspecified atom stereocenters. The first-order chi connectivity index (χ1) is 12.1. The lowest BCUT2D eigenvalue weighted by atomic mass is 10.0. The topological polar surface area (TPSA) is 35.5 Å². The highest BCUT2D eigenvalue weighted by Gasteiger charge is 2.13. The summed E-state index contributed by atoms with van der Waals surface area (Å²) in [6, 6.07) is 0. The van der Waals surface area contributed by atoms with Gasteiger partial charge in [-0.25, -0.2) is 0 Å². The van der Waals surface area contributed by atoms with Crippen LogP contribution in [0.3, 0.4) is 0 Å². The number of ether oxygens (including phenoxy) is 2. The number of hydrogen-bond acceptors (Lipinski definition) is 3. The molecule has 0 saturated heterocycles. The lowest BCUT2D eigenvalue weighted by molar-refractivity contribution is -0.187. The van der Waals surface area contributed by atoms with Gasteiger partial charge in [-0.1, -0.05) is 90.9 Å². The summed E-state index contributed by atoms with van der Waals surface area (Å²) in [5, 5.41) is 0. The van der Waals surface area contributed by atoms with Gasteiger partial charge in [-0.2, -0.15) is 0 Å². The Labute approximate surface area is 157 Å². The SMILES string of the molecule is CCCCCCCCCCCCCCCC(=O)OC(CC)OC(C)C. The second kappa shape index (κ2) is 18.2. The van der Waals surface area contributed by atoms with Gasteiger partial charge in [0.2, 0.25) is 6.29 Å². The molecule has 0 fully saturated rings. The monoisotopic (exact) mass is 356 g/mol. The summed E-state index contributed by atoms with van der Waals surface area (Å²) in [6.07, 6.45) is 18.1. The zero-order valence-electron chi connectivity index (χ0n) is 17.5. The Morgan fingerprint density at radius 1 is 0.720 bits per heavy atom. The number of hydrogen-bond donors (Lipinski definition) is 0. The Bertz CT molecular complexity index is 289. The number of unbranched alkanes of at least 4 members (excludes halogenated alkanes) is 12. The molecule has 0 aromatic heterocycles. The smallest absolute Gasteiger partial charge is 0.308 e. The maximum Gasteiger partial charge on any atom is 0.308 e. The molecule has 0 spiro atoms. The van der Waals surface area contributed by atoms with Crippen molar-refractivity contribution in [1.82, 2.24) is 0 Å². The molecular formula is C22H44O3. The standard InChI is InChI=1S/C22H44O3/c1-5-7-8-9-10-11-12-13-14-15-16-17-18-19-21(23)25-22(6-2)24-20(3)4/h20,22H,5-19H2,1-4H3. The molecule has 0 rings (SSSR count). The summed E-state index contributed by atoms with van der Waals surface area (Å²) >= 11 is 0. The highest BCUT2D eigenvalue weighted by molar-refractivity contribution is 5.69. The van der Waals surface area contributed by atoms with Crippen LogP contribution in [0.15, 0.2) is 0 Å². The zero-order chi connectivity index (χ0) is 18.8. The van der Waals surface area contributed by atoms with Crippen molar-refractivity contribution in [2.24, 2.45) is 0 Å². The molecule has 0 heterocycles. The number of carbonyl (C=O) groups is 1. The van der Waals surface area contributed by atoms with E-state index >= 15 is 0 Å². The third kappa shape index (κ3) is 18.0. The molecule has 0 aliphatic carbocycles. The molecule has 3 nitrogen and oxygen atoms in total. The van der Waals surface area contributed by atoms with Crippen LogP contribution in [0.4, 0.5) is 0 Å². The summed E-state index contributed by atoms with van der Waals surface area (Å²) in [7, 11) is 0. The molecule has 0 aliphatic rings. The average molecular weight is 357 g/mol. The molecule has 0 saturated carbocycles. The molecule has 3 heteroatoms. The van der Waals surface area contributed by atoms with Gasteiger partial charge in [0.1, 0.15) is 0 Å². The predicted octanol–water partition coefficient (Wildman–Crippen LogP) is 7.17. The van der Waals surface area contributed by atoms with Crippen molar-refractivity contribution in [3.8, 4) is 0 Å². The number of rotatable bonds is 18. The highest BCUT2D eigenvalue weighted by atomic mass is 16.7. The maximum atomic E-state index is 11.8. The molecule has 0 N–H and O–H groups in total. The third-order valence-electron chi connectivity index (χ3n) is 4.50. The lowest BCUT2D eigenvalue weighted by Gasteiger charge is -2.19. The first-order valence-electron chi connectivity index (χ1n) is 10.9. The maximum absolute atomic E-state index is 11.8. The Morgan fingerprint density at radius 3 is 1.56 bits per heavy atom. The van der Waals surface area contributed by atoms with E-state index in [4.69, 9.17) is 9.47 Å². The van der Waals surface area contributed by atoms with Crippen LogP contribution in [0.5, 0.6) is 0 Å². The molecule has 1 atom stereocenters. The Morgan fingerprint density at radius 2 is 1.16 bits per heavy atom. The summed E-state index contributed by atoms with van der Waals surface area (Å²) in [5.41, 5.74) is 0. The third-order valence-corrected chi connectivity index (χ3v) is 4.50. The Balaban J connectivity index is 3.33. The molecule has 25 heavy (non-hydrogen) atoms. The van der Waals surface area contributed by atoms with Crippen molar-refractivity contribution in [2.45, 2.75) is 136 Å². The molecule has 0 bridgehead atoms. The van der Waals surface area contributed by atoms with Crippen molar-refractivity contribution in [2.75, 3.05) is 0 Å². The summed E-state index contributed by atoms with van der Waals surface area (Å²) in [4.78, 5) is 11.8. The van der Waals surface area contributed by atoms with E-state index in [1.54, 1.807) is 0 Å². The van der Waals surface area contributed by atoms with Gasteiger partial charge in [0.15, 0.2) is 0 Å². The van der Waals surface area contributed by atoms with Crippen molar-refractivity contribution in [3.63, 3.8) is 0 Å². The van der Waals surface area contributed by atoms with Crippen LogP contribution in [0, 0.1) is 0 Å². The number of carbonyl (C=O) groups excluding carboxylic acids is 1. The van der Waals surface area contributed by atoms with Crippen LogP contribution in [0.1, 0.15) is 124 Å². The van der Waals surface area contributed by atoms with Crippen LogP contribution in [-0.4, -0.2) is 18.4 Å². The quantitative estimate of drug-likeness (QED) is 0.148. The Kier molecular flexibility index (Phi) is 17.8. The van der Waals surface area contributed by atoms with Crippen molar-refractivity contribution >= 4 is 5.97 Å². The minimum Gasteiger partial charge on any atom is -0.436 e. The fourth-order valence-corrected chi connectivity index (χ4v) is 3.00. The van der Waals surface area contributed by atoms with Gasteiger partial charge in [0, 0.05) is 12.8 Å². The first-order valence-corrected chi connectivity index (χ1v) is 10.9. The van der Waals surface area contributed by atoms with E-state index in [9.17, 15) is 4.79 Å². The molecule has 0 radical (unpaired) electrons. The predicted molar refractivity (Wildman–Crippen MR) is 107 cm³/mol. The second-order valence-corrected chi connectivity index (χ2v) is 7.51. The van der Waals surface area contributed by atoms with Gasteiger partial charge < -0.3 is 9.47 Å². The number of esters is 1. The van der Waals surface area contributed by atoms with Crippen molar-refractivity contribution in [3.05, 3.63) is 0 Å². The molecule has 150 valence electrons. The fourth-order valence-electron chi connectivity index (χ4n) is 3.00. The van der Waals surface area contributed by atoms with E-state index < -0.39 is 0 Å². The van der Waals surface area contributed by atoms with E-state index in [-0.39, 0.29) is 18.4 Å². The average Bonchev–Trinajstić information content (AvgIpc) is 2.58. The molecule has 0 aromatic rings. The fraction of sp³-hybridized carbons (Fsp3) is 0.955. The van der Waals surface area contributed by atoms with E-state index in [1.807, 2.05) is 20.8 Å². The van der Waals surface area contributed by atoms with Crippen LogP contribution < -0.4 is 0 Å². The van der Waals surface area contributed by atoms with Crippen LogP contribution in [-0.2, 0) is 14.3 Å². The zero-order valence-corrected chi connectivity index (χ0v) is 17.5. The van der Waals surface area contributed by atoms with Gasteiger partial charge in [0.05, 0.1) is 6.10 Å².